The van der Waals surface area contributed by atoms with Gasteiger partial charge in [0.25, 0.3) is 0 Å². The lowest BCUT2D eigenvalue weighted by atomic mass is 10.0. The third kappa shape index (κ3) is 5.57. The normalized spacial score (nSPS) is 13.5. The summed E-state index contributed by atoms with van der Waals surface area (Å²) in [6.45, 7) is 4.11. The number of hydrogen-bond acceptors (Lipinski definition) is 2. The van der Waals surface area contributed by atoms with Gasteiger partial charge in [-0.3, -0.25) is 0 Å². The molecule has 0 fully saturated rings. The van der Waals surface area contributed by atoms with Crippen molar-refractivity contribution in [1.82, 2.24) is 10.6 Å². The summed E-state index contributed by atoms with van der Waals surface area (Å²) in [4.78, 5) is 11.9. The highest BCUT2D eigenvalue weighted by atomic mass is 16.3. The maximum absolute atomic E-state index is 11.9. The number of nitrogens with one attached hydrogen (secondary N) is 2. The summed E-state index contributed by atoms with van der Waals surface area (Å²) in [7, 11) is 0. The molecule has 124 valence electrons. The highest BCUT2D eigenvalue weighted by Gasteiger charge is 2.11. The molecule has 2 atom stereocenters. The van der Waals surface area contributed by atoms with Crippen LogP contribution in [0.2, 0.25) is 0 Å². The second-order valence-electron chi connectivity index (χ2n) is 6.17. The molecule has 0 unspecified atom stereocenters. The van der Waals surface area contributed by atoms with Gasteiger partial charge in [0, 0.05) is 18.7 Å². The maximum atomic E-state index is 11.9. The second-order valence-corrected chi connectivity index (χ2v) is 6.17. The van der Waals surface area contributed by atoms with Crippen LogP contribution in [0.3, 0.4) is 0 Å². The molecule has 4 nitrogen and oxygen atoms in total. The van der Waals surface area contributed by atoms with E-state index in [-0.39, 0.29) is 24.7 Å². The topological polar surface area (TPSA) is 61.4 Å². The highest BCUT2D eigenvalue weighted by molar-refractivity contribution is 5.83. The molecular weight excluding hydrogens is 288 g/mol. The zero-order valence-electron chi connectivity index (χ0n) is 13.9. The Morgan fingerprint density at radius 3 is 2.48 bits per heavy atom. The molecule has 4 heteroatoms. The van der Waals surface area contributed by atoms with E-state index in [4.69, 9.17) is 5.11 Å². The van der Waals surface area contributed by atoms with Gasteiger partial charge < -0.3 is 15.7 Å². The average Bonchev–Trinajstić information content (AvgIpc) is 2.52. The first-order valence-electron chi connectivity index (χ1n) is 8.24. The van der Waals surface area contributed by atoms with E-state index in [1.165, 1.54) is 16.3 Å². The van der Waals surface area contributed by atoms with Crippen LogP contribution in [0.25, 0.3) is 10.8 Å². The second kappa shape index (κ2) is 8.53. The van der Waals surface area contributed by atoms with Crippen LogP contribution in [0.1, 0.15) is 32.3 Å². The van der Waals surface area contributed by atoms with Crippen LogP contribution in [0, 0.1) is 0 Å². The van der Waals surface area contributed by atoms with E-state index in [2.05, 4.69) is 41.0 Å². The van der Waals surface area contributed by atoms with Gasteiger partial charge in [-0.1, -0.05) is 42.5 Å². The Hall–Kier alpha value is -2.07. The monoisotopic (exact) mass is 314 g/mol. The summed E-state index contributed by atoms with van der Waals surface area (Å²) in [6, 6.07) is 14.7. The number of hydrogen-bond donors (Lipinski definition) is 3. The van der Waals surface area contributed by atoms with E-state index in [1.54, 1.807) is 0 Å². The molecule has 2 rings (SSSR count). The van der Waals surface area contributed by atoms with Gasteiger partial charge in [0.05, 0.1) is 0 Å². The summed E-state index contributed by atoms with van der Waals surface area (Å²) in [5, 5.41) is 17.1. The van der Waals surface area contributed by atoms with Crippen molar-refractivity contribution in [2.24, 2.45) is 0 Å². The molecule has 23 heavy (non-hydrogen) atoms. The van der Waals surface area contributed by atoms with Crippen LogP contribution >= 0.6 is 0 Å². The molecular formula is C19H26N2O2. The van der Waals surface area contributed by atoms with Crippen LogP contribution in [0.5, 0.6) is 0 Å². The van der Waals surface area contributed by atoms with Crippen molar-refractivity contribution >= 4 is 16.8 Å². The van der Waals surface area contributed by atoms with Crippen molar-refractivity contribution in [1.29, 1.82) is 0 Å². The van der Waals surface area contributed by atoms with Crippen LogP contribution < -0.4 is 10.6 Å². The number of aliphatic hydroxyl groups excluding tert-OH is 1. The first-order chi connectivity index (χ1) is 11.1. The minimum absolute atomic E-state index is 0.0567. The molecule has 0 aliphatic heterocycles. The lowest BCUT2D eigenvalue weighted by Crippen LogP contribution is -2.45. The number of carbonyl (C=O) groups excluding carboxylic acids is 1. The molecule has 0 heterocycles. The van der Waals surface area contributed by atoms with E-state index >= 15 is 0 Å². The third-order valence-electron chi connectivity index (χ3n) is 3.91. The van der Waals surface area contributed by atoms with E-state index < -0.39 is 0 Å². The zero-order chi connectivity index (χ0) is 16.7. The fraction of sp³-hybridized carbons (Fsp3) is 0.421. The number of urea groups is 1. The summed E-state index contributed by atoms with van der Waals surface area (Å²) >= 11 is 0. The minimum Gasteiger partial charge on any atom is -0.396 e. The molecule has 2 aromatic rings. The number of carbonyl (C=O) groups is 1. The zero-order valence-corrected chi connectivity index (χ0v) is 13.9. The Bertz CT molecular complexity index is 642. The Balaban J connectivity index is 1.85. The summed E-state index contributed by atoms with van der Waals surface area (Å²) in [5.74, 6) is 0. The average molecular weight is 314 g/mol. The molecule has 2 aromatic carbocycles. The number of rotatable bonds is 7. The number of aliphatic hydroxyl groups is 1. The fourth-order valence-corrected chi connectivity index (χ4v) is 2.73. The maximum Gasteiger partial charge on any atom is 0.315 e. The largest absolute Gasteiger partial charge is 0.396 e. The number of benzene rings is 2. The van der Waals surface area contributed by atoms with Crippen molar-refractivity contribution < 1.29 is 9.90 Å². The summed E-state index contributed by atoms with van der Waals surface area (Å²) in [5.41, 5.74) is 1.21. The molecule has 0 spiro atoms. The van der Waals surface area contributed by atoms with Gasteiger partial charge in [0.1, 0.15) is 0 Å². The molecule has 0 aliphatic carbocycles. The fourth-order valence-electron chi connectivity index (χ4n) is 2.73. The Labute approximate surface area is 137 Å². The van der Waals surface area contributed by atoms with Crippen molar-refractivity contribution in [3.63, 3.8) is 0 Å². The van der Waals surface area contributed by atoms with E-state index in [1.807, 2.05) is 26.0 Å². The number of amides is 2. The van der Waals surface area contributed by atoms with E-state index in [0.29, 0.717) is 6.42 Å². The molecule has 0 bridgehead atoms. The predicted octanol–water partition coefficient (Wildman–Crippen LogP) is 3.23. The smallest absolute Gasteiger partial charge is 0.315 e. The molecule has 0 aromatic heterocycles. The lowest BCUT2D eigenvalue weighted by Gasteiger charge is -2.18. The first-order valence-corrected chi connectivity index (χ1v) is 8.24. The highest BCUT2D eigenvalue weighted by Crippen LogP contribution is 2.16. The quantitative estimate of drug-likeness (QED) is 0.735. The predicted molar refractivity (Wildman–Crippen MR) is 94.6 cm³/mol. The third-order valence-corrected chi connectivity index (χ3v) is 3.91. The SMILES string of the molecule is C[C@H](CCCO)NC(=O)N[C@H](C)Cc1ccc2ccccc2c1. The summed E-state index contributed by atoms with van der Waals surface area (Å²) in [6.07, 6.45) is 2.28. The molecule has 0 aliphatic rings. The Morgan fingerprint density at radius 2 is 1.74 bits per heavy atom. The number of fused-ring (bicyclic) bond motifs is 1. The summed E-state index contributed by atoms with van der Waals surface area (Å²) < 4.78 is 0. The minimum atomic E-state index is -0.149. The van der Waals surface area contributed by atoms with Gasteiger partial charge in [-0.05, 0) is 49.4 Å². The Kier molecular flexibility index (Phi) is 6.41. The van der Waals surface area contributed by atoms with Gasteiger partial charge >= 0.3 is 6.03 Å². The van der Waals surface area contributed by atoms with Crippen molar-refractivity contribution in [2.45, 2.75) is 45.2 Å². The molecule has 0 saturated heterocycles. The van der Waals surface area contributed by atoms with Gasteiger partial charge in [-0.2, -0.15) is 0 Å². The molecule has 0 radical (unpaired) electrons. The first kappa shape index (κ1) is 17.3. The van der Waals surface area contributed by atoms with Crippen LogP contribution in [-0.4, -0.2) is 29.8 Å². The standard InChI is InChI=1S/C19H26N2O2/c1-14(6-5-11-22)20-19(23)21-15(2)12-16-9-10-17-7-3-4-8-18(17)13-16/h3-4,7-10,13-15,22H,5-6,11-12H2,1-2H3,(H2,20,21,23)/t14-,15-/m1/s1. The van der Waals surface area contributed by atoms with Crippen molar-refractivity contribution in [2.75, 3.05) is 6.61 Å². The van der Waals surface area contributed by atoms with Gasteiger partial charge in [0.2, 0.25) is 0 Å². The molecule has 2 amide bonds. The van der Waals surface area contributed by atoms with Crippen LogP contribution in [-0.2, 0) is 6.42 Å². The van der Waals surface area contributed by atoms with Gasteiger partial charge in [-0.25, -0.2) is 4.79 Å². The molecule has 0 saturated carbocycles. The van der Waals surface area contributed by atoms with E-state index in [9.17, 15) is 4.79 Å². The molecule has 3 N–H and O–H groups in total. The van der Waals surface area contributed by atoms with Crippen LogP contribution in [0.4, 0.5) is 4.79 Å². The lowest BCUT2D eigenvalue weighted by molar-refractivity contribution is 0.231. The van der Waals surface area contributed by atoms with Crippen LogP contribution in [0.15, 0.2) is 42.5 Å². The van der Waals surface area contributed by atoms with E-state index in [0.717, 1.165) is 12.8 Å². The van der Waals surface area contributed by atoms with Crippen molar-refractivity contribution in [3.8, 4) is 0 Å². The van der Waals surface area contributed by atoms with Gasteiger partial charge in [-0.15, -0.1) is 0 Å². The van der Waals surface area contributed by atoms with Crippen molar-refractivity contribution in [3.05, 3.63) is 48.0 Å². The van der Waals surface area contributed by atoms with Gasteiger partial charge in [0.15, 0.2) is 0 Å². The Morgan fingerprint density at radius 1 is 1.04 bits per heavy atom.